The van der Waals surface area contributed by atoms with Gasteiger partial charge in [0.15, 0.2) is 0 Å². The Morgan fingerprint density at radius 1 is 1.00 bits per heavy atom. The fraction of sp³-hybridized carbons (Fsp3) is 0.714. The molecule has 1 aliphatic heterocycles. The quantitative estimate of drug-likeness (QED) is 0.132. The second-order valence-electron chi connectivity index (χ2n) is 11.7. The Bertz CT molecular complexity index is 883. The molecule has 1 heterocycles. The summed E-state index contributed by atoms with van der Waals surface area (Å²) in [5.74, 6) is 0. The van der Waals surface area contributed by atoms with Crippen LogP contribution in [0.1, 0.15) is 64.9 Å². The molecule has 0 aromatic heterocycles. The molecule has 0 bridgehead atoms. The Morgan fingerprint density at radius 3 is 1.89 bits per heavy atom. The Morgan fingerprint density at radius 2 is 1.49 bits per heavy atom. The SMILES string of the molecule is CCC[CH2][Sn]([CH2]CCC)([CH2]CCC)/[C](=C\[Si](C)(C)C)CN(CC1CO1)S(=O)(=O)c1ccc(C)cc1. The number of sulfonamides is 1. The summed E-state index contributed by atoms with van der Waals surface area (Å²) in [6.45, 7) is 17.8. The van der Waals surface area contributed by atoms with Crippen LogP contribution in [0.3, 0.4) is 0 Å². The molecule has 2 rings (SSSR count). The fourth-order valence-electron chi connectivity index (χ4n) is 4.99. The van der Waals surface area contributed by atoms with Crippen molar-refractivity contribution in [3.63, 3.8) is 0 Å². The topological polar surface area (TPSA) is 49.9 Å². The summed E-state index contributed by atoms with van der Waals surface area (Å²) in [7, 11) is -5.13. The first-order chi connectivity index (χ1) is 16.5. The third-order valence-electron chi connectivity index (χ3n) is 7.13. The second-order valence-corrected chi connectivity index (χ2v) is 32.1. The number of rotatable bonds is 17. The van der Waals surface area contributed by atoms with Crippen LogP contribution in [-0.4, -0.2) is 65.0 Å². The molecule has 0 saturated carbocycles. The Hall–Kier alpha value is -0.154. The molecule has 1 unspecified atom stereocenters. The number of benzene rings is 1. The van der Waals surface area contributed by atoms with E-state index in [2.05, 4.69) is 46.1 Å². The zero-order valence-corrected chi connectivity index (χ0v) is 28.2. The molecule has 200 valence electrons. The van der Waals surface area contributed by atoms with Gasteiger partial charge in [-0.3, -0.25) is 0 Å². The summed E-state index contributed by atoms with van der Waals surface area (Å²) >= 11 is -2.81. The number of epoxide rings is 1. The van der Waals surface area contributed by atoms with Crippen molar-refractivity contribution in [3.8, 4) is 0 Å². The van der Waals surface area contributed by atoms with Crippen molar-refractivity contribution in [3.05, 3.63) is 39.1 Å². The van der Waals surface area contributed by atoms with E-state index in [-0.39, 0.29) is 6.10 Å². The minimum absolute atomic E-state index is 0.0369. The number of hydrogen-bond acceptors (Lipinski definition) is 3. The molecule has 0 N–H and O–H groups in total. The van der Waals surface area contributed by atoms with Crippen molar-refractivity contribution >= 4 is 36.5 Å². The summed E-state index contributed by atoms with van der Waals surface area (Å²) in [4.78, 5) is 0.410. The van der Waals surface area contributed by atoms with Gasteiger partial charge in [0, 0.05) is 0 Å². The molecule has 4 nitrogen and oxygen atoms in total. The molecule has 1 aliphatic rings. The zero-order chi connectivity index (χ0) is 26.1. The van der Waals surface area contributed by atoms with Crippen molar-refractivity contribution in [2.24, 2.45) is 0 Å². The fourth-order valence-corrected chi connectivity index (χ4v) is 29.8. The van der Waals surface area contributed by atoms with Crippen LogP contribution in [0, 0.1) is 6.92 Å². The molecule has 0 aliphatic carbocycles. The van der Waals surface area contributed by atoms with E-state index < -0.39 is 36.5 Å². The van der Waals surface area contributed by atoms with E-state index in [1.54, 1.807) is 20.0 Å². The van der Waals surface area contributed by atoms with E-state index in [0.717, 1.165) is 5.56 Å². The van der Waals surface area contributed by atoms with Gasteiger partial charge in [0.05, 0.1) is 0 Å². The Labute approximate surface area is 221 Å². The van der Waals surface area contributed by atoms with Crippen molar-refractivity contribution in [1.82, 2.24) is 4.31 Å². The first-order valence-corrected chi connectivity index (χ1v) is 26.4. The van der Waals surface area contributed by atoms with E-state index in [4.69, 9.17) is 4.74 Å². The molecule has 7 heteroatoms. The first kappa shape index (κ1) is 31.1. The second kappa shape index (κ2) is 14.1. The van der Waals surface area contributed by atoms with Crippen molar-refractivity contribution < 1.29 is 13.2 Å². The molecule has 1 fully saturated rings. The average molecular weight is 629 g/mol. The van der Waals surface area contributed by atoms with Crippen LogP contribution < -0.4 is 0 Å². The van der Waals surface area contributed by atoms with Gasteiger partial charge in [0.1, 0.15) is 0 Å². The maximum absolute atomic E-state index is 14.0. The summed E-state index contributed by atoms with van der Waals surface area (Å²) in [6, 6.07) is 7.36. The van der Waals surface area contributed by atoms with Crippen LogP contribution in [0.5, 0.6) is 0 Å². The summed E-state index contributed by atoms with van der Waals surface area (Å²) < 4.78 is 40.9. The number of hydrogen-bond donors (Lipinski definition) is 0. The van der Waals surface area contributed by atoms with Crippen molar-refractivity contribution in [2.75, 3.05) is 19.7 Å². The predicted molar refractivity (Wildman–Crippen MR) is 156 cm³/mol. The molecule has 1 saturated heterocycles. The molecule has 1 aromatic carbocycles. The molecule has 35 heavy (non-hydrogen) atoms. The van der Waals surface area contributed by atoms with Crippen molar-refractivity contribution in [2.45, 2.75) is 110 Å². The first-order valence-electron chi connectivity index (χ1n) is 13.9. The molecule has 0 radical (unpaired) electrons. The molecular formula is C28H51NO3SSiSn. The predicted octanol–water partition coefficient (Wildman–Crippen LogP) is 7.58. The minimum atomic E-state index is -3.58. The maximum atomic E-state index is 14.0. The summed E-state index contributed by atoms with van der Waals surface area (Å²) in [5, 5.41) is 0. The van der Waals surface area contributed by atoms with Gasteiger partial charge in [-0.1, -0.05) is 0 Å². The molecule has 0 amide bonds. The number of unbranched alkanes of at least 4 members (excludes halogenated alkanes) is 3. The Balaban J connectivity index is 2.57. The average Bonchev–Trinajstić information content (AvgIpc) is 3.61. The van der Waals surface area contributed by atoms with Crippen LogP contribution in [0.4, 0.5) is 0 Å². The van der Waals surface area contributed by atoms with Gasteiger partial charge in [-0.05, 0) is 0 Å². The van der Waals surface area contributed by atoms with E-state index in [1.165, 1.54) is 51.8 Å². The molecule has 0 spiro atoms. The third kappa shape index (κ3) is 9.91. The van der Waals surface area contributed by atoms with E-state index in [9.17, 15) is 8.42 Å². The Kier molecular flexibility index (Phi) is 12.5. The van der Waals surface area contributed by atoms with Gasteiger partial charge in [-0.25, -0.2) is 0 Å². The van der Waals surface area contributed by atoms with Crippen LogP contribution in [-0.2, 0) is 14.8 Å². The summed E-state index contributed by atoms with van der Waals surface area (Å²) in [6.07, 6.45) is 7.54. The number of aryl methyl sites for hydroxylation is 1. The van der Waals surface area contributed by atoms with Gasteiger partial charge >= 0.3 is 223 Å². The van der Waals surface area contributed by atoms with Crippen LogP contribution in [0.25, 0.3) is 0 Å². The van der Waals surface area contributed by atoms with Crippen LogP contribution in [0.2, 0.25) is 33.0 Å². The van der Waals surface area contributed by atoms with E-state index >= 15 is 0 Å². The van der Waals surface area contributed by atoms with Crippen molar-refractivity contribution in [1.29, 1.82) is 0 Å². The van der Waals surface area contributed by atoms with Gasteiger partial charge in [-0.2, -0.15) is 0 Å². The van der Waals surface area contributed by atoms with E-state index in [0.29, 0.717) is 24.6 Å². The van der Waals surface area contributed by atoms with Gasteiger partial charge in [-0.15, -0.1) is 0 Å². The van der Waals surface area contributed by atoms with Crippen LogP contribution in [0.15, 0.2) is 38.4 Å². The molecule has 1 aromatic rings. The number of ether oxygens (including phenoxy) is 1. The van der Waals surface area contributed by atoms with Gasteiger partial charge in [0.25, 0.3) is 0 Å². The number of nitrogens with zero attached hydrogens (tertiary/aromatic N) is 1. The monoisotopic (exact) mass is 629 g/mol. The van der Waals surface area contributed by atoms with Gasteiger partial charge in [0.2, 0.25) is 0 Å². The summed E-state index contributed by atoms with van der Waals surface area (Å²) in [5.41, 5.74) is 3.71. The molecule has 1 atom stereocenters. The third-order valence-corrected chi connectivity index (χ3v) is 27.0. The normalized spacial score (nSPS) is 17.3. The molecular weight excluding hydrogens is 577 g/mol. The van der Waals surface area contributed by atoms with E-state index in [1.807, 2.05) is 19.1 Å². The van der Waals surface area contributed by atoms with Gasteiger partial charge < -0.3 is 0 Å². The standard InChI is InChI=1S/C16H24NO3SSi.3C4H9.Sn/c1-14-6-8-16(9-7-14)21(18,19)17(12-15-13-20-15)10-5-11-22(2,3)4;3*1-3-4-2;/h6-9,11,15H,10,12-13H2,1-4H3;3*1,3-4H2,2H3;. The zero-order valence-electron chi connectivity index (χ0n) is 23.5. The van der Waals surface area contributed by atoms with Crippen LogP contribution >= 0.6 is 0 Å².